The summed E-state index contributed by atoms with van der Waals surface area (Å²) >= 11 is 7.12. The molecule has 0 aliphatic rings. The standard InChI is InChI=1S/C5H7ClN4S/c1-11-4-2(6)3(7)9-5(8)10-4/h1H3,(H4,7,8,9,10). The van der Waals surface area contributed by atoms with Crippen LogP contribution >= 0.6 is 23.4 Å². The van der Waals surface area contributed by atoms with Gasteiger partial charge in [-0.3, -0.25) is 0 Å². The third-order valence-corrected chi connectivity index (χ3v) is 2.22. The number of nitrogens with zero attached hydrogens (tertiary/aromatic N) is 2. The SMILES string of the molecule is CSc1nc(N)nc(N)c1Cl. The number of aromatic nitrogens is 2. The zero-order chi connectivity index (χ0) is 8.43. The van der Waals surface area contributed by atoms with Gasteiger partial charge in [0.25, 0.3) is 0 Å². The summed E-state index contributed by atoms with van der Waals surface area (Å²) in [6.07, 6.45) is 1.84. The van der Waals surface area contributed by atoms with Crippen LogP contribution in [0.1, 0.15) is 0 Å². The van der Waals surface area contributed by atoms with E-state index in [0.717, 1.165) is 0 Å². The van der Waals surface area contributed by atoms with Gasteiger partial charge in [0.1, 0.15) is 15.9 Å². The quantitative estimate of drug-likeness (QED) is 0.511. The highest BCUT2D eigenvalue weighted by Gasteiger charge is 2.06. The molecule has 11 heavy (non-hydrogen) atoms. The molecule has 0 atom stereocenters. The largest absolute Gasteiger partial charge is 0.382 e. The second-order valence-electron chi connectivity index (χ2n) is 1.79. The van der Waals surface area contributed by atoms with Crippen molar-refractivity contribution in [2.45, 2.75) is 5.03 Å². The fraction of sp³-hybridized carbons (Fsp3) is 0.200. The van der Waals surface area contributed by atoms with E-state index in [9.17, 15) is 0 Å². The average Bonchev–Trinajstić information content (AvgIpc) is 1.96. The zero-order valence-corrected chi connectivity index (χ0v) is 7.41. The smallest absolute Gasteiger partial charge is 0.223 e. The Labute approximate surface area is 73.3 Å². The maximum absolute atomic E-state index is 5.74. The van der Waals surface area contributed by atoms with Gasteiger partial charge in [-0.05, 0) is 6.26 Å². The van der Waals surface area contributed by atoms with E-state index in [2.05, 4.69) is 9.97 Å². The third kappa shape index (κ3) is 1.66. The highest BCUT2D eigenvalue weighted by atomic mass is 35.5. The van der Waals surface area contributed by atoms with E-state index in [-0.39, 0.29) is 11.8 Å². The lowest BCUT2D eigenvalue weighted by molar-refractivity contribution is 1.08. The van der Waals surface area contributed by atoms with Crippen LogP contribution in [0, 0.1) is 0 Å². The Balaban J connectivity index is 3.24. The van der Waals surface area contributed by atoms with E-state index in [1.165, 1.54) is 11.8 Å². The van der Waals surface area contributed by atoms with Crippen molar-refractivity contribution in [1.29, 1.82) is 0 Å². The first kappa shape index (κ1) is 8.42. The monoisotopic (exact) mass is 190 g/mol. The predicted octanol–water partition coefficient (Wildman–Crippen LogP) is 1.02. The molecule has 0 aliphatic heterocycles. The Morgan fingerprint density at radius 3 is 2.55 bits per heavy atom. The van der Waals surface area contributed by atoms with E-state index in [1.807, 2.05) is 6.26 Å². The molecule has 60 valence electrons. The first-order valence-corrected chi connectivity index (χ1v) is 4.38. The van der Waals surface area contributed by atoms with Crippen molar-refractivity contribution in [2.75, 3.05) is 17.7 Å². The molecule has 0 fully saturated rings. The first-order chi connectivity index (χ1) is 5.15. The molecule has 1 rings (SSSR count). The Morgan fingerprint density at radius 1 is 1.36 bits per heavy atom. The van der Waals surface area contributed by atoms with Crippen molar-refractivity contribution in [1.82, 2.24) is 9.97 Å². The van der Waals surface area contributed by atoms with Gasteiger partial charge in [0, 0.05) is 0 Å². The number of halogens is 1. The number of anilines is 2. The summed E-state index contributed by atoms with van der Waals surface area (Å²) in [5, 5.41) is 0.975. The number of nitrogen functional groups attached to an aromatic ring is 2. The van der Waals surface area contributed by atoms with Gasteiger partial charge < -0.3 is 11.5 Å². The molecule has 4 N–H and O–H groups in total. The molecule has 0 unspecified atom stereocenters. The highest BCUT2D eigenvalue weighted by molar-refractivity contribution is 7.98. The Hall–Kier alpha value is -0.680. The van der Waals surface area contributed by atoms with E-state index < -0.39 is 0 Å². The normalized spacial score (nSPS) is 10.0. The number of hydrogen-bond acceptors (Lipinski definition) is 5. The average molecular weight is 191 g/mol. The molecule has 1 aromatic rings. The van der Waals surface area contributed by atoms with E-state index in [4.69, 9.17) is 23.1 Å². The summed E-state index contributed by atoms with van der Waals surface area (Å²) < 4.78 is 0. The van der Waals surface area contributed by atoms with Gasteiger partial charge in [-0.2, -0.15) is 4.98 Å². The molecule has 4 nitrogen and oxygen atoms in total. The van der Waals surface area contributed by atoms with Gasteiger partial charge in [-0.25, -0.2) is 4.98 Å². The second kappa shape index (κ2) is 3.15. The lowest BCUT2D eigenvalue weighted by atomic mass is 10.6. The number of rotatable bonds is 1. The van der Waals surface area contributed by atoms with Crippen LogP contribution in [0.2, 0.25) is 5.02 Å². The summed E-state index contributed by atoms with van der Waals surface area (Å²) in [6, 6.07) is 0. The molecule has 0 spiro atoms. The second-order valence-corrected chi connectivity index (χ2v) is 2.96. The topological polar surface area (TPSA) is 77.8 Å². The van der Waals surface area contributed by atoms with Crippen LogP contribution < -0.4 is 11.5 Å². The van der Waals surface area contributed by atoms with Crippen LogP contribution in [0.15, 0.2) is 5.03 Å². The minimum Gasteiger partial charge on any atom is -0.382 e. The van der Waals surface area contributed by atoms with Crippen LogP contribution in [-0.2, 0) is 0 Å². The van der Waals surface area contributed by atoms with Crippen LogP contribution in [0.4, 0.5) is 11.8 Å². The maximum atomic E-state index is 5.74. The summed E-state index contributed by atoms with van der Waals surface area (Å²) in [4.78, 5) is 7.55. The summed E-state index contributed by atoms with van der Waals surface area (Å²) in [6.45, 7) is 0. The molecule has 0 amide bonds. The van der Waals surface area contributed by atoms with Crippen LogP contribution in [0.3, 0.4) is 0 Å². The summed E-state index contributed by atoms with van der Waals surface area (Å²) in [7, 11) is 0. The Morgan fingerprint density at radius 2 is 2.00 bits per heavy atom. The van der Waals surface area contributed by atoms with Gasteiger partial charge in [0.15, 0.2) is 0 Å². The molecule has 0 saturated carbocycles. The molecule has 0 bridgehead atoms. The molecule has 0 saturated heterocycles. The first-order valence-electron chi connectivity index (χ1n) is 2.77. The van der Waals surface area contributed by atoms with Crippen molar-refractivity contribution < 1.29 is 0 Å². The molecule has 1 aromatic heterocycles. The third-order valence-electron chi connectivity index (χ3n) is 1.06. The highest BCUT2D eigenvalue weighted by Crippen LogP contribution is 2.27. The Kier molecular flexibility index (Phi) is 2.41. The van der Waals surface area contributed by atoms with Crippen LogP contribution in [-0.4, -0.2) is 16.2 Å². The number of thioether (sulfide) groups is 1. The van der Waals surface area contributed by atoms with Crippen molar-refractivity contribution in [3.8, 4) is 0 Å². The van der Waals surface area contributed by atoms with Gasteiger partial charge in [-0.1, -0.05) is 11.6 Å². The van der Waals surface area contributed by atoms with Crippen molar-refractivity contribution >= 4 is 35.1 Å². The van der Waals surface area contributed by atoms with E-state index >= 15 is 0 Å². The fourth-order valence-corrected chi connectivity index (χ4v) is 1.38. The Bertz CT molecular complexity index is 277. The molecular weight excluding hydrogens is 184 g/mol. The molecule has 0 aromatic carbocycles. The molecule has 0 radical (unpaired) electrons. The van der Waals surface area contributed by atoms with Crippen molar-refractivity contribution in [3.63, 3.8) is 0 Å². The number of nitrogens with two attached hydrogens (primary N) is 2. The van der Waals surface area contributed by atoms with Crippen LogP contribution in [0.5, 0.6) is 0 Å². The van der Waals surface area contributed by atoms with Gasteiger partial charge in [0.05, 0.1) is 0 Å². The predicted molar refractivity (Wildman–Crippen MR) is 47.6 cm³/mol. The minimum atomic E-state index is 0.149. The van der Waals surface area contributed by atoms with E-state index in [0.29, 0.717) is 10.0 Å². The fourth-order valence-electron chi connectivity index (χ4n) is 0.595. The molecule has 1 heterocycles. The van der Waals surface area contributed by atoms with Gasteiger partial charge in [-0.15, -0.1) is 11.8 Å². The lowest BCUT2D eigenvalue weighted by Gasteiger charge is -2.02. The van der Waals surface area contributed by atoms with Crippen molar-refractivity contribution in [2.24, 2.45) is 0 Å². The van der Waals surface area contributed by atoms with Crippen LogP contribution in [0.25, 0.3) is 0 Å². The molecule has 0 aliphatic carbocycles. The summed E-state index contributed by atoms with van der Waals surface area (Å²) in [5.74, 6) is 0.375. The zero-order valence-electron chi connectivity index (χ0n) is 5.84. The van der Waals surface area contributed by atoms with Gasteiger partial charge in [0.2, 0.25) is 5.95 Å². The minimum absolute atomic E-state index is 0.149. The number of hydrogen-bond donors (Lipinski definition) is 2. The molecular formula is C5H7ClN4S. The van der Waals surface area contributed by atoms with Crippen molar-refractivity contribution in [3.05, 3.63) is 5.02 Å². The molecule has 6 heteroatoms. The lowest BCUT2D eigenvalue weighted by Crippen LogP contribution is -2.01. The van der Waals surface area contributed by atoms with Gasteiger partial charge >= 0.3 is 0 Å². The summed E-state index contributed by atoms with van der Waals surface area (Å²) in [5.41, 5.74) is 10.8. The van der Waals surface area contributed by atoms with E-state index in [1.54, 1.807) is 0 Å². The maximum Gasteiger partial charge on any atom is 0.223 e.